The second kappa shape index (κ2) is 3.77. The van der Waals surface area contributed by atoms with Gasteiger partial charge in [-0.2, -0.15) is 0 Å². The Hall–Kier alpha value is -0.500. The quantitative estimate of drug-likeness (QED) is 0.629. The highest BCUT2D eigenvalue weighted by Crippen LogP contribution is 2.15. The third-order valence-corrected chi connectivity index (χ3v) is 2.29. The van der Waals surface area contributed by atoms with E-state index in [1.165, 1.54) is 6.42 Å². The number of aliphatic hydroxyl groups excluding tert-OH is 1. The molecule has 2 N–H and O–H groups in total. The molecular formula is C9H17NO. The summed E-state index contributed by atoms with van der Waals surface area (Å²) in [5.41, 5.74) is 0.995. The Bertz CT molecular complexity index is 152. The van der Waals surface area contributed by atoms with Crippen molar-refractivity contribution in [1.29, 1.82) is 0 Å². The molecule has 1 heterocycles. The lowest BCUT2D eigenvalue weighted by molar-refractivity contribution is 0.216. The molecule has 0 radical (unpaired) electrons. The fourth-order valence-electron chi connectivity index (χ4n) is 1.34. The summed E-state index contributed by atoms with van der Waals surface area (Å²) in [6.07, 6.45) is 4.12. The largest absolute Gasteiger partial charge is 0.387 e. The molecule has 0 aliphatic carbocycles. The van der Waals surface area contributed by atoms with Gasteiger partial charge in [0.2, 0.25) is 0 Å². The summed E-state index contributed by atoms with van der Waals surface area (Å²) >= 11 is 0. The molecule has 0 aromatic heterocycles. The molecule has 2 atom stereocenters. The molecule has 1 unspecified atom stereocenters. The zero-order valence-electron chi connectivity index (χ0n) is 7.30. The highest BCUT2D eigenvalue weighted by atomic mass is 16.3. The summed E-state index contributed by atoms with van der Waals surface area (Å²) in [6, 6.07) is 0. The van der Waals surface area contributed by atoms with E-state index in [1.54, 1.807) is 6.92 Å². The van der Waals surface area contributed by atoms with Crippen molar-refractivity contribution in [1.82, 2.24) is 5.32 Å². The summed E-state index contributed by atoms with van der Waals surface area (Å²) in [6.45, 7) is 5.02. The Balaban J connectivity index is 2.44. The molecule has 1 aliphatic heterocycles. The maximum Gasteiger partial charge on any atom is 0.0903 e. The standard InChI is InChI=1S/C9H17NO/c1-3-8-4-5-9(7(2)11)10-6-8/h5,7-8,10-11H,3-4,6H2,1-2H3/t7?,8-/m0/s1. The highest BCUT2D eigenvalue weighted by molar-refractivity contribution is 5.08. The molecule has 0 amide bonds. The van der Waals surface area contributed by atoms with Gasteiger partial charge < -0.3 is 10.4 Å². The predicted molar refractivity (Wildman–Crippen MR) is 46.2 cm³/mol. The lowest BCUT2D eigenvalue weighted by Gasteiger charge is -2.24. The fourth-order valence-corrected chi connectivity index (χ4v) is 1.34. The Labute approximate surface area is 68.3 Å². The second-order valence-corrected chi connectivity index (χ2v) is 3.23. The summed E-state index contributed by atoms with van der Waals surface area (Å²) < 4.78 is 0. The van der Waals surface area contributed by atoms with Crippen molar-refractivity contribution in [2.75, 3.05) is 6.54 Å². The van der Waals surface area contributed by atoms with Gasteiger partial charge in [0.25, 0.3) is 0 Å². The van der Waals surface area contributed by atoms with Crippen LogP contribution < -0.4 is 5.32 Å². The van der Waals surface area contributed by atoms with Gasteiger partial charge in [-0.05, 0) is 19.3 Å². The minimum atomic E-state index is -0.326. The van der Waals surface area contributed by atoms with Crippen LogP contribution in [0.15, 0.2) is 11.8 Å². The molecule has 0 saturated heterocycles. The SMILES string of the molecule is CC[C@H]1CC=C(C(C)O)NC1. The van der Waals surface area contributed by atoms with Crippen molar-refractivity contribution in [3.63, 3.8) is 0 Å². The molecule has 0 aromatic rings. The molecule has 1 rings (SSSR count). The number of nitrogens with one attached hydrogen (secondary N) is 1. The first-order valence-corrected chi connectivity index (χ1v) is 4.36. The maximum absolute atomic E-state index is 9.21. The fraction of sp³-hybridized carbons (Fsp3) is 0.778. The molecule has 0 aromatic carbocycles. The van der Waals surface area contributed by atoms with Crippen molar-refractivity contribution in [2.24, 2.45) is 5.92 Å². The molecule has 0 spiro atoms. The van der Waals surface area contributed by atoms with E-state index in [0.29, 0.717) is 0 Å². The lowest BCUT2D eigenvalue weighted by Crippen LogP contribution is -2.31. The van der Waals surface area contributed by atoms with Crippen molar-refractivity contribution in [3.8, 4) is 0 Å². The minimum Gasteiger partial charge on any atom is -0.387 e. The van der Waals surface area contributed by atoms with Crippen LogP contribution in [0.2, 0.25) is 0 Å². The summed E-state index contributed by atoms with van der Waals surface area (Å²) in [5, 5.41) is 12.4. The van der Waals surface area contributed by atoms with Crippen LogP contribution >= 0.6 is 0 Å². The van der Waals surface area contributed by atoms with Crippen LogP contribution in [0.25, 0.3) is 0 Å². The van der Waals surface area contributed by atoms with Crippen LogP contribution in [0, 0.1) is 5.92 Å². The van der Waals surface area contributed by atoms with Crippen LogP contribution in [-0.4, -0.2) is 17.8 Å². The molecule has 11 heavy (non-hydrogen) atoms. The molecule has 0 bridgehead atoms. The van der Waals surface area contributed by atoms with Crippen LogP contribution in [-0.2, 0) is 0 Å². The normalized spacial score (nSPS) is 27.2. The molecule has 1 aliphatic rings. The topological polar surface area (TPSA) is 32.3 Å². The number of rotatable bonds is 2. The summed E-state index contributed by atoms with van der Waals surface area (Å²) in [5.74, 6) is 0.762. The van der Waals surface area contributed by atoms with Crippen molar-refractivity contribution < 1.29 is 5.11 Å². The second-order valence-electron chi connectivity index (χ2n) is 3.23. The molecule has 2 heteroatoms. The van der Waals surface area contributed by atoms with Crippen molar-refractivity contribution in [2.45, 2.75) is 32.8 Å². The van der Waals surface area contributed by atoms with Gasteiger partial charge in [0.15, 0.2) is 0 Å². The monoisotopic (exact) mass is 155 g/mol. The molecular weight excluding hydrogens is 138 g/mol. The van der Waals surface area contributed by atoms with E-state index in [0.717, 1.165) is 24.6 Å². The Morgan fingerprint density at radius 3 is 2.91 bits per heavy atom. The highest BCUT2D eigenvalue weighted by Gasteiger charge is 2.13. The maximum atomic E-state index is 9.21. The average Bonchev–Trinajstić information content (AvgIpc) is 2.05. The van der Waals surface area contributed by atoms with Crippen LogP contribution in [0.1, 0.15) is 26.7 Å². The zero-order valence-corrected chi connectivity index (χ0v) is 7.30. The molecule has 2 nitrogen and oxygen atoms in total. The Kier molecular flexibility index (Phi) is 2.94. The first-order valence-electron chi connectivity index (χ1n) is 4.36. The van der Waals surface area contributed by atoms with Gasteiger partial charge in [-0.15, -0.1) is 0 Å². The third-order valence-electron chi connectivity index (χ3n) is 2.29. The van der Waals surface area contributed by atoms with E-state index in [1.807, 2.05) is 0 Å². The number of allylic oxidation sites excluding steroid dienone is 1. The number of hydrogen-bond acceptors (Lipinski definition) is 2. The van der Waals surface area contributed by atoms with Crippen LogP contribution in [0.5, 0.6) is 0 Å². The third kappa shape index (κ3) is 2.22. The Morgan fingerprint density at radius 2 is 2.55 bits per heavy atom. The first kappa shape index (κ1) is 8.60. The van der Waals surface area contributed by atoms with Gasteiger partial charge in [-0.1, -0.05) is 19.4 Å². The summed E-state index contributed by atoms with van der Waals surface area (Å²) in [4.78, 5) is 0. The van der Waals surface area contributed by atoms with E-state index >= 15 is 0 Å². The predicted octanol–water partition coefficient (Wildman–Crippen LogP) is 1.27. The van der Waals surface area contributed by atoms with Crippen molar-refractivity contribution in [3.05, 3.63) is 11.8 Å². The van der Waals surface area contributed by atoms with E-state index in [9.17, 15) is 5.11 Å². The van der Waals surface area contributed by atoms with Crippen LogP contribution in [0.3, 0.4) is 0 Å². The zero-order chi connectivity index (χ0) is 8.27. The van der Waals surface area contributed by atoms with E-state index in [4.69, 9.17) is 0 Å². The van der Waals surface area contributed by atoms with Crippen molar-refractivity contribution >= 4 is 0 Å². The van der Waals surface area contributed by atoms with Gasteiger partial charge in [0.1, 0.15) is 0 Å². The van der Waals surface area contributed by atoms with Gasteiger partial charge in [0.05, 0.1) is 6.10 Å². The number of hydrogen-bond donors (Lipinski definition) is 2. The van der Waals surface area contributed by atoms with Gasteiger partial charge in [0, 0.05) is 12.2 Å². The van der Waals surface area contributed by atoms with E-state index in [-0.39, 0.29) is 6.10 Å². The van der Waals surface area contributed by atoms with Crippen LogP contribution in [0.4, 0.5) is 0 Å². The molecule has 0 saturated carbocycles. The first-order chi connectivity index (χ1) is 5.24. The number of aliphatic hydroxyl groups is 1. The van der Waals surface area contributed by atoms with E-state index in [2.05, 4.69) is 18.3 Å². The summed E-state index contributed by atoms with van der Waals surface area (Å²) in [7, 11) is 0. The average molecular weight is 155 g/mol. The lowest BCUT2D eigenvalue weighted by atomic mass is 9.97. The Morgan fingerprint density at radius 1 is 1.82 bits per heavy atom. The molecule has 64 valence electrons. The smallest absolute Gasteiger partial charge is 0.0903 e. The van der Waals surface area contributed by atoms with Gasteiger partial charge >= 0.3 is 0 Å². The minimum absolute atomic E-state index is 0.326. The molecule has 0 fully saturated rings. The van der Waals surface area contributed by atoms with Gasteiger partial charge in [-0.3, -0.25) is 0 Å². The van der Waals surface area contributed by atoms with Gasteiger partial charge in [-0.25, -0.2) is 0 Å². The van der Waals surface area contributed by atoms with E-state index < -0.39 is 0 Å².